The lowest BCUT2D eigenvalue weighted by molar-refractivity contribution is 0.0935. The number of rotatable bonds is 2. The minimum atomic E-state index is -0.151. The molecule has 4 rings (SSSR count). The maximum absolute atomic E-state index is 13.2. The molecule has 24 heavy (non-hydrogen) atoms. The van der Waals surface area contributed by atoms with Crippen LogP contribution in [0.2, 0.25) is 5.02 Å². The van der Waals surface area contributed by atoms with Crippen LogP contribution in [0, 0.1) is 0 Å². The van der Waals surface area contributed by atoms with Crippen LogP contribution in [0.4, 0.5) is 0 Å². The van der Waals surface area contributed by atoms with Gasteiger partial charge in [0, 0.05) is 16.5 Å². The molecule has 0 amide bonds. The van der Waals surface area contributed by atoms with Gasteiger partial charge in [0.2, 0.25) is 0 Å². The first-order chi connectivity index (χ1) is 11.7. The molecule has 3 aromatic rings. The molecule has 0 saturated carbocycles. The van der Waals surface area contributed by atoms with E-state index in [1.807, 2.05) is 60.7 Å². The van der Waals surface area contributed by atoms with Gasteiger partial charge in [0.15, 0.2) is 5.78 Å². The molecule has 0 aliphatic heterocycles. The third-order valence-corrected chi connectivity index (χ3v) is 5.12. The summed E-state index contributed by atoms with van der Waals surface area (Å²) in [5.74, 6) is 0.192. The SMILES string of the molecule is O=C1c2ccccc2CC(c2ccc(Cl)cc2)C1c1ccccc1. The average Bonchev–Trinajstić information content (AvgIpc) is 2.63. The molecule has 0 radical (unpaired) electrons. The van der Waals surface area contributed by atoms with E-state index >= 15 is 0 Å². The third-order valence-electron chi connectivity index (χ3n) is 4.86. The third kappa shape index (κ3) is 2.65. The van der Waals surface area contributed by atoms with Crippen LogP contribution >= 0.6 is 11.6 Å². The van der Waals surface area contributed by atoms with Crippen molar-refractivity contribution in [1.29, 1.82) is 0 Å². The molecule has 1 nitrogen and oxygen atoms in total. The lowest BCUT2D eigenvalue weighted by Gasteiger charge is -2.32. The van der Waals surface area contributed by atoms with Gasteiger partial charge in [-0.3, -0.25) is 4.79 Å². The van der Waals surface area contributed by atoms with Crippen LogP contribution in [-0.2, 0) is 6.42 Å². The highest BCUT2D eigenvalue weighted by atomic mass is 35.5. The lowest BCUT2D eigenvalue weighted by atomic mass is 9.69. The van der Waals surface area contributed by atoms with E-state index < -0.39 is 0 Å². The first kappa shape index (κ1) is 15.2. The average molecular weight is 333 g/mol. The Morgan fingerprint density at radius 2 is 1.42 bits per heavy atom. The minimum absolute atomic E-state index is 0.132. The molecule has 2 heteroatoms. The van der Waals surface area contributed by atoms with Crippen molar-refractivity contribution in [3.8, 4) is 0 Å². The zero-order valence-corrected chi connectivity index (χ0v) is 13.9. The summed E-state index contributed by atoms with van der Waals surface area (Å²) < 4.78 is 0. The van der Waals surface area contributed by atoms with Gasteiger partial charge in [0.05, 0.1) is 5.92 Å². The molecule has 3 aromatic carbocycles. The number of carbonyl (C=O) groups excluding carboxylic acids is 1. The van der Waals surface area contributed by atoms with Gasteiger partial charge < -0.3 is 0 Å². The van der Waals surface area contributed by atoms with Crippen molar-refractivity contribution in [3.63, 3.8) is 0 Å². The Morgan fingerprint density at radius 1 is 0.750 bits per heavy atom. The Hall–Kier alpha value is -2.38. The quantitative estimate of drug-likeness (QED) is 0.593. The van der Waals surface area contributed by atoms with E-state index in [1.54, 1.807) is 0 Å². The summed E-state index contributed by atoms with van der Waals surface area (Å²) in [6.07, 6.45) is 0.864. The van der Waals surface area contributed by atoms with E-state index in [9.17, 15) is 4.79 Å². The molecule has 0 aromatic heterocycles. The van der Waals surface area contributed by atoms with Crippen LogP contribution in [0.3, 0.4) is 0 Å². The standard InChI is InChI=1S/C22H17ClO/c23-18-12-10-15(11-13-18)20-14-17-8-4-5-9-19(17)22(24)21(20)16-6-2-1-3-7-16/h1-13,20-21H,14H2. The van der Waals surface area contributed by atoms with Gasteiger partial charge in [-0.2, -0.15) is 0 Å². The first-order valence-electron chi connectivity index (χ1n) is 8.16. The second-order valence-corrected chi connectivity index (χ2v) is 6.71. The first-order valence-corrected chi connectivity index (χ1v) is 8.54. The van der Waals surface area contributed by atoms with E-state index in [2.05, 4.69) is 18.2 Å². The van der Waals surface area contributed by atoms with Crippen molar-refractivity contribution < 1.29 is 4.79 Å². The Balaban J connectivity index is 1.86. The highest BCUT2D eigenvalue weighted by Gasteiger charge is 2.37. The van der Waals surface area contributed by atoms with Crippen molar-refractivity contribution in [2.24, 2.45) is 0 Å². The molecule has 0 spiro atoms. The molecule has 0 N–H and O–H groups in total. The second kappa shape index (κ2) is 6.26. The summed E-state index contributed by atoms with van der Waals surface area (Å²) in [6, 6.07) is 26.0. The topological polar surface area (TPSA) is 17.1 Å². The number of fused-ring (bicyclic) bond motifs is 1. The Kier molecular flexibility index (Phi) is 3.95. The number of carbonyl (C=O) groups is 1. The van der Waals surface area contributed by atoms with Gasteiger partial charge in [-0.1, -0.05) is 78.3 Å². The smallest absolute Gasteiger partial charge is 0.171 e. The van der Waals surface area contributed by atoms with E-state index in [0.717, 1.165) is 33.7 Å². The number of ketones is 1. The predicted molar refractivity (Wildman–Crippen MR) is 97.9 cm³/mol. The van der Waals surface area contributed by atoms with Gasteiger partial charge >= 0.3 is 0 Å². The van der Waals surface area contributed by atoms with Crippen LogP contribution < -0.4 is 0 Å². The van der Waals surface area contributed by atoms with Crippen molar-refractivity contribution in [3.05, 3.63) is 106 Å². The van der Waals surface area contributed by atoms with E-state index in [4.69, 9.17) is 11.6 Å². The predicted octanol–water partition coefficient (Wildman–Crippen LogP) is 5.65. The lowest BCUT2D eigenvalue weighted by Crippen LogP contribution is -2.28. The molecule has 2 atom stereocenters. The maximum Gasteiger partial charge on any atom is 0.171 e. The summed E-state index contributed by atoms with van der Waals surface area (Å²) in [5, 5.41) is 0.720. The maximum atomic E-state index is 13.2. The molecule has 1 aliphatic rings. The Morgan fingerprint density at radius 3 is 2.17 bits per heavy atom. The number of Topliss-reactive ketones (excluding diaryl/α,β-unsaturated/α-hetero) is 1. The molecule has 118 valence electrons. The fourth-order valence-corrected chi connectivity index (χ4v) is 3.83. The number of hydrogen-bond acceptors (Lipinski definition) is 1. The molecule has 0 bridgehead atoms. The van der Waals surface area contributed by atoms with E-state index in [-0.39, 0.29) is 17.6 Å². The second-order valence-electron chi connectivity index (χ2n) is 6.27. The molecule has 0 heterocycles. The molecular weight excluding hydrogens is 316 g/mol. The normalized spacial score (nSPS) is 19.8. The van der Waals surface area contributed by atoms with Crippen molar-refractivity contribution in [2.75, 3.05) is 0 Å². The van der Waals surface area contributed by atoms with Gasteiger partial charge in [-0.15, -0.1) is 0 Å². The van der Waals surface area contributed by atoms with E-state index in [0.29, 0.717) is 0 Å². The number of halogens is 1. The Labute approximate surface area is 146 Å². The van der Waals surface area contributed by atoms with Gasteiger partial charge in [-0.25, -0.2) is 0 Å². The van der Waals surface area contributed by atoms with Gasteiger partial charge in [0.25, 0.3) is 0 Å². The number of hydrogen-bond donors (Lipinski definition) is 0. The zero-order chi connectivity index (χ0) is 16.5. The fraction of sp³-hybridized carbons (Fsp3) is 0.136. The fourth-order valence-electron chi connectivity index (χ4n) is 3.71. The van der Waals surface area contributed by atoms with Crippen LogP contribution in [0.1, 0.15) is 38.9 Å². The molecule has 0 saturated heterocycles. The summed E-state index contributed by atoms with van der Waals surface area (Å²) >= 11 is 6.05. The van der Waals surface area contributed by atoms with Crippen molar-refractivity contribution >= 4 is 17.4 Å². The number of benzene rings is 3. The van der Waals surface area contributed by atoms with Gasteiger partial charge in [-0.05, 0) is 35.2 Å². The summed E-state index contributed by atoms with van der Waals surface area (Å²) in [6.45, 7) is 0. The zero-order valence-electron chi connectivity index (χ0n) is 13.2. The monoisotopic (exact) mass is 332 g/mol. The van der Waals surface area contributed by atoms with Crippen molar-refractivity contribution in [1.82, 2.24) is 0 Å². The van der Waals surface area contributed by atoms with Gasteiger partial charge in [0.1, 0.15) is 0 Å². The van der Waals surface area contributed by atoms with Crippen LogP contribution in [0.25, 0.3) is 0 Å². The molecule has 2 unspecified atom stereocenters. The Bertz CT molecular complexity index is 868. The van der Waals surface area contributed by atoms with E-state index in [1.165, 1.54) is 0 Å². The van der Waals surface area contributed by atoms with Crippen LogP contribution in [-0.4, -0.2) is 5.78 Å². The molecule has 0 fully saturated rings. The minimum Gasteiger partial charge on any atom is -0.293 e. The van der Waals surface area contributed by atoms with Crippen LogP contribution in [0.5, 0.6) is 0 Å². The largest absolute Gasteiger partial charge is 0.293 e. The summed E-state index contributed by atoms with van der Waals surface area (Å²) in [4.78, 5) is 13.2. The molecule has 1 aliphatic carbocycles. The molecular formula is C22H17ClO. The highest BCUT2D eigenvalue weighted by Crippen LogP contribution is 2.43. The summed E-state index contributed by atoms with van der Waals surface area (Å²) in [5.41, 5.74) is 4.24. The van der Waals surface area contributed by atoms with Crippen LogP contribution in [0.15, 0.2) is 78.9 Å². The highest BCUT2D eigenvalue weighted by molar-refractivity contribution is 6.30. The van der Waals surface area contributed by atoms with Crippen molar-refractivity contribution in [2.45, 2.75) is 18.3 Å². The summed E-state index contributed by atoms with van der Waals surface area (Å²) in [7, 11) is 0.